The number of nitrogens with one attached hydrogen (secondary N) is 2. The molecule has 2 aliphatic heterocycles. The van der Waals surface area contributed by atoms with Gasteiger partial charge in [-0.3, -0.25) is 4.79 Å². The van der Waals surface area contributed by atoms with Gasteiger partial charge in [0.1, 0.15) is 0 Å². The number of hydrogen-bond donors (Lipinski definition) is 2. The van der Waals surface area contributed by atoms with Crippen molar-refractivity contribution < 1.29 is 9.53 Å². The summed E-state index contributed by atoms with van der Waals surface area (Å²) < 4.78 is 5.39. The van der Waals surface area contributed by atoms with Crippen molar-refractivity contribution in [2.24, 2.45) is 0 Å². The van der Waals surface area contributed by atoms with Gasteiger partial charge < -0.3 is 20.3 Å². The van der Waals surface area contributed by atoms with Gasteiger partial charge in [0.05, 0.1) is 13.2 Å². The molecular formula is C17H25N3O2. The molecule has 0 aliphatic carbocycles. The lowest BCUT2D eigenvalue weighted by Gasteiger charge is -2.30. The van der Waals surface area contributed by atoms with Crippen LogP contribution in [-0.2, 0) is 4.74 Å². The minimum Gasteiger partial charge on any atom is -0.378 e. The SMILES string of the molecule is Cc1cc(C(=O)NC[C@@H]2CCCN2)ccc1N1CCOCC1. The van der Waals surface area contributed by atoms with Crippen LogP contribution in [-0.4, -0.2) is 51.3 Å². The molecule has 3 rings (SSSR count). The molecule has 120 valence electrons. The number of aryl methyl sites for hydroxylation is 1. The molecule has 0 radical (unpaired) electrons. The first kappa shape index (κ1) is 15.3. The van der Waals surface area contributed by atoms with Crippen molar-refractivity contribution in [3.05, 3.63) is 29.3 Å². The molecule has 0 spiro atoms. The molecule has 5 heteroatoms. The second-order valence-corrected chi connectivity index (χ2v) is 6.10. The first-order valence-corrected chi connectivity index (χ1v) is 8.19. The van der Waals surface area contributed by atoms with Gasteiger partial charge in [0.2, 0.25) is 0 Å². The normalized spacial score (nSPS) is 21.9. The third kappa shape index (κ3) is 3.59. The van der Waals surface area contributed by atoms with Gasteiger partial charge in [0, 0.05) is 36.9 Å². The summed E-state index contributed by atoms with van der Waals surface area (Å²) in [5, 5.41) is 6.43. The molecule has 2 N–H and O–H groups in total. The van der Waals surface area contributed by atoms with Crippen LogP contribution in [0.2, 0.25) is 0 Å². The molecule has 0 aromatic heterocycles. The topological polar surface area (TPSA) is 53.6 Å². The molecule has 2 fully saturated rings. The number of nitrogens with zero attached hydrogens (tertiary/aromatic N) is 1. The van der Waals surface area contributed by atoms with Crippen LogP contribution in [0.1, 0.15) is 28.8 Å². The smallest absolute Gasteiger partial charge is 0.251 e. The molecule has 5 nitrogen and oxygen atoms in total. The van der Waals surface area contributed by atoms with E-state index in [0.717, 1.165) is 50.4 Å². The van der Waals surface area contributed by atoms with Crippen molar-refractivity contribution >= 4 is 11.6 Å². The molecular weight excluding hydrogens is 278 g/mol. The van der Waals surface area contributed by atoms with Crippen LogP contribution in [0.15, 0.2) is 18.2 Å². The summed E-state index contributed by atoms with van der Waals surface area (Å²) in [6.45, 7) is 7.22. The zero-order valence-electron chi connectivity index (χ0n) is 13.2. The molecule has 0 saturated carbocycles. The minimum absolute atomic E-state index is 0.0188. The average Bonchev–Trinajstić information content (AvgIpc) is 3.07. The van der Waals surface area contributed by atoms with Crippen LogP contribution in [0.3, 0.4) is 0 Å². The Balaban J connectivity index is 1.61. The number of carbonyl (C=O) groups excluding carboxylic acids is 1. The predicted octanol–water partition coefficient (Wildman–Crippen LogP) is 1.31. The predicted molar refractivity (Wildman–Crippen MR) is 87.6 cm³/mol. The summed E-state index contributed by atoms with van der Waals surface area (Å²) in [6.07, 6.45) is 2.35. The quantitative estimate of drug-likeness (QED) is 0.881. The largest absolute Gasteiger partial charge is 0.378 e. The number of morpholine rings is 1. The Morgan fingerprint density at radius 2 is 2.23 bits per heavy atom. The van der Waals surface area contributed by atoms with Gasteiger partial charge in [-0.15, -0.1) is 0 Å². The molecule has 1 amide bonds. The third-order valence-corrected chi connectivity index (χ3v) is 4.48. The lowest BCUT2D eigenvalue weighted by Crippen LogP contribution is -2.37. The van der Waals surface area contributed by atoms with Crippen LogP contribution in [0.4, 0.5) is 5.69 Å². The summed E-state index contributed by atoms with van der Waals surface area (Å²) in [6, 6.07) is 6.40. The molecule has 1 atom stereocenters. The molecule has 1 aromatic rings. The maximum absolute atomic E-state index is 12.3. The molecule has 0 unspecified atom stereocenters. The number of rotatable bonds is 4. The zero-order valence-corrected chi connectivity index (χ0v) is 13.2. The third-order valence-electron chi connectivity index (χ3n) is 4.48. The van der Waals surface area contributed by atoms with Crippen molar-refractivity contribution in [2.45, 2.75) is 25.8 Å². The second-order valence-electron chi connectivity index (χ2n) is 6.10. The summed E-state index contributed by atoms with van der Waals surface area (Å²) in [5.74, 6) is 0.0188. The van der Waals surface area contributed by atoms with Crippen molar-refractivity contribution in [1.82, 2.24) is 10.6 Å². The monoisotopic (exact) mass is 303 g/mol. The van der Waals surface area contributed by atoms with Crippen LogP contribution in [0.5, 0.6) is 0 Å². The van der Waals surface area contributed by atoms with Crippen molar-refractivity contribution in [2.75, 3.05) is 44.3 Å². The number of carbonyl (C=O) groups is 1. The molecule has 2 heterocycles. The first-order chi connectivity index (χ1) is 10.7. The maximum Gasteiger partial charge on any atom is 0.251 e. The van der Waals surface area contributed by atoms with Crippen LogP contribution >= 0.6 is 0 Å². The van der Waals surface area contributed by atoms with Crippen molar-refractivity contribution in [1.29, 1.82) is 0 Å². The highest BCUT2D eigenvalue weighted by atomic mass is 16.5. The van der Waals surface area contributed by atoms with E-state index in [1.165, 1.54) is 12.1 Å². The molecule has 0 bridgehead atoms. The van der Waals surface area contributed by atoms with E-state index in [-0.39, 0.29) is 5.91 Å². The van der Waals surface area contributed by atoms with Gasteiger partial charge in [-0.2, -0.15) is 0 Å². The number of amides is 1. The summed E-state index contributed by atoms with van der Waals surface area (Å²) in [7, 11) is 0. The Morgan fingerprint density at radius 3 is 2.91 bits per heavy atom. The number of hydrogen-bond acceptors (Lipinski definition) is 4. The van der Waals surface area contributed by atoms with Gasteiger partial charge in [-0.1, -0.05) is 0 Å². The lowest BCUT2D eigenvalue weighted by molar-refractivity contribution is 0.0950. The van der Waals surface area contributed by atoms with Gasteiger partial charge >= 0.3 is 0 Å². The van der Waals surface area contributed by atoms with Crippen LogP contribution < -0.4 is 15.5 Å². The van der Waals surface area contributed by atoms with E-state index in [1.807, 2.05) is 12.1 Å². The molecule has 22 heavy (non-hydrogen) atoms. The summed E-state index contributed by atoms with van der Waals surface area (Å²) >= 11 is 0. The van der Waals surface area contributed by atoms with E-state index in [9.17, 15) is 4.79 Å². The molecule has 2 aliphatic rings. The molecule has 2 saturated heterocycles. The fourth-order valence-corrected chi connectivity index (χ4v) is 3.20. The Morgan fingerprint density at radius 1 is 1.41 bits per heavy atom. The minimum atomic E-state index is 0.0188. The van der Waals surface area contributed by atoms with E-state index < -0.39 is 0 Å². The fourth-order valence-electron chi connectivity index (χ4n) is 3.20. The lowest BCUT2D eigenvalue weighted by atomic mass is 10.1. The maximum atomic E-state index is 12.3. The van der Waals surface area contributed by atoms with E-state index in [2.05, 4.69) is 28.5 Å². The highest BCUT2D eigenvalue weighted by Gasteiger charge is 2.17. The Hall–Kier alpha value is -1.59. The van der Waals surface area contributed by atoms with Crippen LogP contribution in [0, 0.1) is 6.92 Å². The van der Waals surface area contributed by atoms with E-state index in [1.54, 1.807) is 0 Å². The number of ether oxygens (including phenoxy) is 1. The van der Waals surface area contributed by atoms with Crippen LogP contribution in [0.25, 0.3) is 0 Å². The number of benzene rings is 1. The van der Waals surface area contributed by atoms with Crippen molar-refractivity contribution in [3.8, 4) is 0 Å². The standard InChI is InChI=1S/C17H25N3O2/c1-13-11-14(17(21)19-12-15-3-2-6-18-15)4-5-16(13)20-7-9-22-10-8-20/h4-5,11,15,18H,2-3,6-10,12H2,1H3,(H,19,21)/t15-/m0/s1. The summed E-state index contributed by atoms with van der Waals surface area (Å²) in [4.78, 5) is 14.6. The van der Waals surface area contributed by atoms with Crippen molar-refractivity contribution in [3.63, 3.8) is 0 Å². The second kappa shape index (κ2) is 7.11. The van der Waals surface area contributed by atoms with E-state index in [4.69, 9.17) is 4.74 Å². The van der Waals surface area contributed by atoms with Gasteiger partial charge in [0.25, 0.3) is 5.91 Å². The highest BCUT2D eigenvalue weighted by Crippen LogP contribution is 2.22. The van der Waals surface area contributed by atoms with E-state index in [0.29, 0.717) is 12.6 Å². The van der Waals surface area contributed by atoms with Gasteiger partial charge in [-0.25, -0.2) is 0 Å². The molecule has 1 aromatic carbocycles. The zero-order chi connectivity index (χ0) is 15.4. The first-order valence-electron chi connectivity index (χ1n) is 8.19. The van der Waals surface area contributed by atoms with Gasteiger partial charge in [0.15, 0.2) is 0 Å². The summed E-state index contributed by atoms with van der Waals surface area (Å²) in [5.41, 5.74) is 3.10. The highest BCUT2D eigenvalue weighted by molar-refractivity contribution is 5.95. The Kier molecular flexibility index (Phi) is 4.95. The average molecular weight is 303 g/mol. The Bertz CT molecular complexity index is 521. The van der Waals surface area contributed by atoms with E-state index >= 15 is 0 Å². The van der Waals surface area contributed by atoms with Gasteiger partial charge in [-0.05, 0) is 50.1 Å². The fraction of sp³-hybridized carbons (Fsp3) is 0.588. The number of anilines is 1. The Labute approximate surface area is 132 Å².